The quantitative estimate of drug-likeness (QED) is 0.887. The van der Waals surface area contributed by atoms with Crippen molar-refractivity contribution in [3.8, 4) is 0 Å². The van der Waals surface area contributed by atoms with Crippen LogP contribution in [0, 0.1) is 11.6 Å². The van der Waals surface area contributed by atoms with Gasteiger partial charge in [-0.25, -0.2) is 8.78 Å². The molecule has 2 aromatic rings. The highest BCUT2D eigenvalue weighted by molar-refractivity contribution is 7.05. The second-order valence-electron chi connectivity index (χ2n) is 4.49. The van der Waals surface area contributed by atoms with Crippen LogP contribution in [0.2, 0.25) is 0 Å². The van der Waals surface area contributed by atoms with Crippen LogP contribution in [0.4, 0.5) is 8.78 Å². The van der Waals surface area contributed by atoms with Gasteiger partial charge in [0.1, 0.15) is 11.6 Å². The summed E-state index contributed by atoms with van der Waals surface area (Å²) in [5.41, 5.74) is 1.31. The first-order chi connectivity index (χ1) is 9.67. The standard InChI is InChI=1S/C14H17F2N3S/c1-3-5-12-14(20-19-18-12)13(17-4-2)10-7-6-9(15)8-11(10)16/h6-8,13,17H,3-5H2,1-2H3. The molecule has 1 N–H and O–H groups in total. The van der Waals surface area contributed by atoms with Crippen molar-refractivity contribution in [2.45, 2.75) is 32.7 Å². The molecule has 0 saturated carbocycles. The molecule has 2 rings (SSSR count). The topological polar surface area (TPSA) is 37.8 Å². The van der Waals surface area contributed by atoms with E-state index in [4.69, 9.17) is 0 Å². The van der Waals surface area contributed by atoms with E-state index >= 15 is 0 Å². The predicted octanol–water partition coefficient (Wildman–Crippen LogP) is 3.47. The van der Waals surface area contributed by atoms with E-state index in [-0.39, 0.29) is 6.04 Å². The zero-order valence-corrected chi connectivity index (χ0v) is 12.3. The van der Waals surface area contributed by atoms with Gasteiger partial charge in [-0.3, -0.25) is 0 Å². The smallest absolute Gasteiger partial charge is 0.131 e. The Balaban J connectivity index is 2.42. The van der Waals surface area contributed by atoms with Crippen molar-refractivity contribution in [1.82, 2.24) is 14.9 Å². The predicted molar refractivity (Wildman–Crippen MR) is 75.8 cm³/mol. The summed E-state index contributed by atoms with van der Waals surface area (Å²) in [5, 5.41) is 7.34. The number of nitrogens with one attached hydrogen (secondary N) is 1. The maximum absolute atomic E-state index is 14.0. The molecule has 1 heterocycles. The Labute approximate surface area is 121 Å². The van der Waals surface area contributed by atoms with Crippen LogP contribution in [-0.2, 0) is 6.42 Å². The van der Waals surface area contributed by atoms with Crippen LogP contribution in [0.15, 0.2) is 18.2 Å². The second-order valence-corrected chi connectivity index (χ2v) is 5.28. The van der Waals surface area contributed by atoms with Crippen molar-refractivity contribution in [1.29, 1.82) is 0 Å². The molecule has 20 heavy (non-hydrogen) atoms. The van der Waals surface area contributed by atoms with E-state index in [1.807, 2.05) is 6.92 Å². The first-order valence-corrected chi connectivity index (χ1v) is 7.44. The van der Waals surface area contributed by atoms with E-state index in [0.717, 1.165) is 29.5 Å². The molecule has 0 bridgehead atoms. The molecule has 0 aliphatic rings. The number of hydrogen-bond donors (Lipinski definition) is 1. The Kier molecular flexibility index (Phi) is 5.14. The van der Waals surface area contributed by atoms with E-state index in [0.29, 0.717) is 12.1 Å². The molecule has 0 spiro atoms. The monoisotopic (exact) mass is 297 g/mol. The average Bonchev–Trinajstić information content (AvgIpc) is 2.85. The molecule has 108 valence electrons. The van der Waals surface area contributed by atoms with Gasteiger partial charge in [0.25, 0.3) is 0 Å². The lowest BCUT2D eigenvalue weighted by atomic mass is 10.0. The maximum atomic E-state index is 14.0. The molecule has 1 aromatic heterocycles. The van der Waals surface area contributed by atoms with E-state index < -0.39 is 11.6 Å². The summed E-state index contributed by atoms with van der Waals surface area (Å²) in [5.74, 6) is -1.12. The van der Waals surface area contributed by atoms with E-state index in [9.17, 15) is 8.78 Å². The summed E-state index contributed by atoms with van der Waals surface area (Å²) in [4.78, 5) is 0.902. The van der Waals surface area contributed by atoms with Crippen LogP contribution < -0.4 is 5.32 Å². The molecule has 0 amide bonds. The summed E-state index contributed by atoms with van der Waals surface area (Å²) in [7, 11) is 0. The lowest BCUT2D eigenvalue weighted by Gasteiger charge is -2.18. The Bertz CT molecular complexity index is 571. The molecule has 3 nitrogen and oxygen atoms in total. The lowest BCUT2D eigenvalue weighted by Crippen LogP contribution is -2.23. The van der Waals surface area contributed by atoms with Gasteiger partial charge in [-0.05, 0) is 30.6 Å². The summed E-state index contributed by atoms with van der Waals surface area (Å²) in [6.45, 7) is 4.68. The van der Waals surface area contributed by atoms with Gasteiger partial charge in [-0.2, -0.15) is 0 Å². The fourth-order valence-corrected chi connectivity index (χ4v) is 2.92. The van der Waals surface area contributed by atoms with E-state index in [2.05, 4.69) is 21.8 Å². The largest absolute Gasteiger partial charge is 0.306 e. The summed E-state index contributed by atoms with van der Waals surface area (Å²) in [6, 6.07) is 3.33. The Morgan fingerprint density at radius 1 is 1.30 bits per heavy atom. The number of halogens is 2. The molecule has 0 aliphatic heterocycles. The fraction of sp³-hybridized carbons (Fsp3) is 0.429. The van der Waals surface area contributed by atoms with Gasteiger partial charge in [0.05, 0.1) is 16.6 Å². The zero-order valence-electron chi connectivity index (χ0n) is 11.5. The van der Waals surface area contributed by atoms with Gasteiger partial charge in [-0.1, -0.05) is 30.8 Å². The highest BCUT2D eigenvalue weighted by Gasteiger charge is 2.23. The molecule has 0 radical (unpaired) electrons. The van der Waals surface area contributed by atoms with Crippen molar-refractivity contribution >= 4 is 11.5 Å². The summed E-state index contributed by atoms with van der Waals surface area (Å²) >= 11 is 1.26. The Hall–Kier alpha value is -1.40. The minimum Gasteiger partial charge on any atom is -0.306 e. The van der Waals surface area contributed by atoms with Crippen molar-refractivity contribution in [2.75, 3.05) is 6.54 Å². The molecular formula is C14H17F2N3S. The molecule has 0 fully saturated rings. The average molecular weight is 297 g/mol. The number of aromatic nitrogens is 2. The molecule has 1 aromatic carbocycles. The normalized spacial score (nSPS) is 12.6. The van der Waals surface area contributed by atoms with Crippen molar-refractivity contribution in [3.63, 3.8) is 0 Å². The van der Waals surface area contributed by atoms with Gasteiger partial charge < -0.3 is 5.32 Å². The molecule has 0 aliphatic carbocycles. The molecular weight excluding hydrogens is 280 g/mol. The summed E-state index contributed by atoms with van der Waals surface area (Å²) in [6.07, 6.45) is 1.75. The van der Waals surface area contributed by atoms with Gasteiger partial charge in [0, 0.05) is 11.6 Å². The number of nitrogens with zero attached hydrogens (tertiary/aromatic N) is 2. The van der Waals surface area contributed by atoms with Crippen molar-refractivity contribution in [3.05, 3.63) is 46.0 Å². The number of benzene rings is 1. The third-order valence-electron chi connectivity index (χ3n) is 3.02. The molecule has 1 unspecified atom stereocenters. The van der Waals surface area contributed by atoms with Crippen LogP contribution >= 0.6 is 11.5 Å². The Morgan fingerprint density at radius 2 is 2.10 bits per heavy atom. The zero-order chi connectivity index (χ0) is 14.5. The third kappa shape index (κ3) is 3.19. The van der Waals surface area contributed by atoms with Gasteiger partial charge in [-0.15, -0.1) is 5.10 Å². The minimum absolute atomic E-state index is 0.331. The molecule has 6 heteroatoms. The van der Waals surface area contributed by atoms with Crippen LogP contribution in [0.5, 0.6) is 0 Å². The van der Waals surface area contributed by atoms with Crippen LogP contribution in [0.1, 0.15) is 42.4 Å². The third-order valence-corrected chi connectivity index (χ3v) is 3.85. The second kappa shape index (κ2) is 6.85. The first-order valence-electron chi connectivity index (χ1n) is 6.66. The molecule has 1 atom stereocenters. The molecule has 0 saturated heterocycles. The van der Waals surface area contributed by atoms with Crippen molar-refractivity contribution in [2.24, 2.45) is 0 Å². The van der Waals surface area contributed by atoms with Gasteiger partial charge in [0.2, 0.25) is 0 Å². The van der Waals surface area contributed by atoms with Crippen LogP contribution in [0.3, 0.4) is 0 Å². The summed E-state index contributed by atoms with van der Waals surface area (Å²) < 4.78 is 31.0. The van der Waals surface area contributed by atoms with Gasteiger partial charge >= 0.3 is 0 Å². The maximum Gasteiger partial charge on any atom is 0.131 e. The van der Waals surface area contributed by atoms with Crippen LogP contribution in [0.25, 0.3) is 0 Å². The Morgan fingerprint density at radius 3 is 2.75 bits per heavy atom. The number of rotatable bonds is 6. The lowest BCUT2D eigenvalue weighted by molar-refractivity contribution is 0.542. The van der Waals surface area contributed by atoms with E-state index in [1.165, 1.54) is 23.7 Å². The highest BCUT2D eigenvalue weighted by atomic mass is 32.1. The SMILES string of the molecule is CCCc1nnsc1C(NCC)c1ccc(F)cc1F. The fourth-order valence-electron chi connectivity index (χ4n) is 2.13. The highest BCUT2D eigenvalue weighted by Crippen LogP contribution is 2.29. The van der Waals surface area contributed by atoms with Crippen molar-refractivity contribution < 1.29 is 8.78 Å². The minimum atomic E-state index is -0.572. The van der Waals surface area contributed by atoms with Crippen LogP contribution in [-0.4, -0.2) is 16.1 Å². The van der Waals surface area contributed by atoms with Gasteiger partial charge in [0.15, 0.2) is 0 Å². The number of hydrogen-bond acceptors (Lipinski definition) is 4. The number of aryl methyl sites for hydroxylation is 1. The van der Waals surface area contributed by atoms with E-state index in [1.54, 1.807) is 0 Å². The first kappa shape index (κ1) is 15.0.